The van der Waals surface area contributed by atoms with E-state index in [1.807, 2.05) is 0 Å². The Morgan fingerprint density at radius 1 is 0.673 bits per heavy atom. The van der Waals surface area contributed by atoms with Crippen molar-refractivity contribution in [2.75, 3.05) is 77.3 Å². The summed E-state index contributed by atoms with van der Waals surface area (Å²) in [5.41, 5.74) is 1.42. The first-order valence-corrected chi connectivity index (χ1v) is 14.7. The van der Waals surface area contributed by atoms with Crippen LogP contribution in [0.5, 0.6) is 23.0 Å². The monoisotopic (exact) mass is 724 g/mol. The maximum Gasteiger partial charge on any atom is 0.328 e. The highest BCUT2D eigenvalue weighted by Crippen LogP contribution is 2.42. The second-order valence-corrected chi connectivity index (χ2v) is 10.0. The van der Waals surface area contributed by atoms with Gasteiger partial charge in [-0.3, -0.25) is 9.59 Å². The number of phenols is 2. The van der Waals surface area contributed by atoms with Crippen molar-refractivity contribution in [1.82, 2.24) is 10.6 Å². The molecule has 9 N–H and O–H groups in total. The number of carbonyl (C=O) groups excluding carboxylic acids is 2. The molecule has 0 atom stereocenters. The minimum absolute atomic E-state index is 0. The summed E-state index contributed by atoms with van der Waals surface area (Å²) in [7, 11) is 3.08. The van der Waals surface area contributed by atoms with Crippen molar-refractivity contribution in [3.63, 3.8) is 0 Å². The number of phenolic OH excluding ortho intramolecular Hbond substituents is 2. The van der Waals surface area contributed by atoms with Gasteiger partial charge in [0, 0.05) is 56.7 Å². The molecule has 0 spiro atoms. The predicted molar refractivity (Wildman–Crippen MR) is 191 cm³/mol. The van der Waals surface area contributed by atoms with Crippen molar-refractivity contribution in [3.8, 4) is 23.0 Å². The van der Waals surface area contributed by atoms with Gasteiger partial charge in [0.2, 0.25) is 11.6 Å². The lowest BCUT2D eigenvalue weighted by molar-refractivity contribution is -0.131. The number of hydrogen-bond donors (Lipinski definition) is 9. The van der Waals surface area contributed by atoms with E-state index in [1.165, 1.54) is 25.3 Å². The van der Waals surface area contributed by atoms with E-state index in [-0.39, 0.29) is 71.8 Å². The number of aliphatic hydroxyl groups is 2. The van der Waals surface area contributed by atoms with Gasteiger partial charge in [-0.2, -0.15) is 0 Å². The number of ether oxygens (including phenoxy) is 2. The minimum atomic E-state index is -0.982. The number of carboxylic acid groups (broad SMARTS) is 1. The molecule has 1 aliphatic rings. The van der Waals surface area contributed by atoms with Crippen LogP contribution < -0.4 is 30.7 Å². The van der Waals surface area contributed by atoms with Gasteiger partial charge in [-0.15, -0.1) is 24.8 Å². The largest absolute Gasteiger partial charge is 0.507 e. The summed E-state index contributed by atoms with van der Waals surface area (Å²) in [6, 6.07) is 10.9. The number of carbonyl (C=O) groups is 3. The molecule has 49 heavy (non-hydrogen) atoms. The van der Waals surface area contributed by atoms with E-state index in [4.69, 9.17) is 24.8 Å². The zero-order valence-electron chi connectivity index (χ0n) is 26.9. The third kappa shape index (κ3) is 11.2. The summed E-state index contributed by atoms with van der Waals surface area (Å²) in [6.45, 7) is 2.81. The summed E-state index contributed by atoms with van der Waals surface area (Å²) < 4.78 is 10.1. The Bertz CT molecular complexity index is 1530. The van der Waals surface area contributed by atoms with E-state index in [2.05, 4.69) is 21.3 Å². The van der Waals surface area contributed by atoms with Gasteiger partial charge in [-0.05, 0) is 48.0 Å². The standard InChI is InChI=1S/C22H28N4O6.C11H12O4.2ClH/c27-11-9-23-5-7-25-13-1-2-14(26-8-6-24-10-12-28)18-17(13)21(31)19-15(29)3-4-16(30)20(19)22(18)32;1-14-9-5-3-8(4-6-11(12)13)7-10(9)15-2;;/h1-4,23-30H,5-12H2;3-7H,1-2H3,(H,12,13);2*1H. The van der Waals surface area contributed by atoms with Gasteiger partial charge in [0.05, 0.1) is 49.7 Å². The highest BCUT2D eigenvalue weighted by Gasteiger charge is 2.37. The van der Waals surface area contributed by atoms with Gasteiger partial charge >= 0.3 is 5.97 Å². The minimum Gasteiger partial charge on any atom is -0.507 e. The Kier molecular flexibility index (Phi) is 18.5. The molecule has 3 aromatic carbocycles. The summed E-state index contributed by atoms with van der Waals surface area (Å²) >= 11 is 0. The third-order valence-electron chi connectivity index (χ3n) is 6.91. The molecule has 0 aliphatic heterocycles. The number of aromatic hydroxyl groups is 2. The van der Waals surface area contributed by atoms with Crippen molar-refractivity contribution in [1.29, 1.82) is 0 Å². The molecule has 0 saturated heterocycles. The molecule has 3 aromatic rings. The number of halogens is 2. The van der Waals surface area contributed by atoms with Crippen LogP contribution in [0.25, 0.3) is 6.08 Å². The van der Waals surface area contributed by atoms with Gasteiger partial charge in [0.25, 0.3) is 0 Å². The number of methoxy groups -OCH3 is 2. The van der Waals surface area contributed by atoms with Crippen LogP contribution in [0.2, 0.25) is 0 Å². The molecule has 268 valence electrons. The van der Waals surface area contributed by atoms with Crippen molar-refractivity contribution in [3.05, 3.63) is 76.4 Å². The molecule has 14 nitrogen and oxygen atoms in total. The van der Waals surface area contributed by atoms with Gasteiger partial charge in [0.15, 0.2) is 11.5 Å². The van der Waals surface area contributed by atoms with Gasteiger partial charge in [0.1, 0.15) is 11.5 Å². The molecule has 16 heteroatoms. The summed E-state index contributed by atoms with van der Waals surface area (Å²) in [5, 5.41) is 59.0. The highest BCUT2D eigenvalue weighted by atomic mass is 35.5. The summed E-state index contributed by atoms with van der Waals surface area (Å²) in [4.78, 5) is 37.0. The molecule has 0 unspecified atom stereocenters. The molecule has 0 amide bonds. The first kappa shape index (κ1) is 42.5. The molecule has 0 saturated carbocycles. The number of carboxylic acids is 1. The topological polar surface area (TPSA) is 219 Å². The zero-order valence-corrected chi connectivity index (χ0v) is 28.6. The number of anilines is 2. The molecule has 0 fully saturated rings. The quantitative estimate of drug-likeness (QED) is 0.0461. The molecule has 1 aliphatic carbocycles. The zero-order chi connectivity index (χ0) is 34.3. The number of fused-ring (bicyclic) bond motifs is 2. The van der Waals surface area contributed by atoms with Crippen LogP contribution in [0, 0.1) is 0 Å². The Balaban J connectivity index is 0.000000598. The summed E-state index contributed by atoms with van der Waals surface area (Å²) in [5.74, 6) is -1.65. The van der Waals surface area contributed by atoms with Crippen LogP contribution in [-0.2, 0) is 4.79 Å². The average molecular weight is 726 g/mol. The fourth-order valence-electron chi connectivity index (χ4n) is 4.76. The maximum atomic E-state index is 13.4. The Labute approximate surface area is 296 Å². The van der Waals surface area contributed by atoms with Crippen LogP contribution in [0.15, 0.2) is 48.5 Å². The van der Waals surface area contributed by atoms with Gasteiger partial charge < -0.3 is 56.3 Å². The fraction of sp³-hybridized carbons (Fsp3) is 0.303. The van der Waals surface area contributed by atoms with Crippen molar-refractivity contribution in [2.45, 2.75) is 0 Å². The molecule has 0 heterocycles. The molecule has 0 aromatic heterocycles. The van der Waals surface area contributed by atoms with E-state index in [0.29, 0.717) is 62.1 Å². The SMILES string of the molecule is COc1ccc(C=CC(=O)O)cc1OC.Cl.Cl.O=C1c2c(O)ccc(O)c2C(=O)c2c(NCCNCCO)ccc(NCCNCCO)c21. The van der Waals surface area contributed by atoms with Crippen LogP contribution in [-0.4, -0.2) is 110 Å². The Hall–Kier alpha value is -4.57. The molecule has 0 bridgehead atoms. The second-order valence-electron chi connectivity index (χ2n) is 10.0. The smallest absolute Gasteiger partial charge is 0.328 e. The molecular formula is C33H42Cl2N4O10. The highest BCUT2D eigenvalue weighted by molar-refractivity contribution is 6.33. The lowest BCUT2D eigenvalue weighted by Gasteiger charge is -2.25. The van der Waals surface area contributed by atoms with E-state index in [0.717, 1.165) is 11.6 Å². The van der Waals surface area contributed by atoms with Crippen LogP contribution in [0.1, 0.15) is 37.4 Å². The number of benzene rings is 3. The van der Waals surface area contributed by atoms with E-state index < -0.39 is 17.5 Å². The summed E-state index contributed by atoms with van der Waals surface area (Å²) in [6.07, 6.45) is 2.56. The average Bonchev–Trinajstić information content (AvgIpc) is 3.07. The Morgan fingerprint density at radius 2 is 1.14 bits per heavy atom. The Morgan fingerprint density at radius 3 is 1.55 bits per heavy atom. The van der Waals surface area contributed by atoms with Gasteiger partial charge in [-0.1, -0.05) is 6.07 Å². The number of aliphatic hydroxyl groups excluding tert-OH is 2. The number of hydrogen-bond acceptors (Lipinski definition) is 13. The first-order chi connectivity index (χ1) is 22.7. The lowest BCUT2D eigenvalue weighted by atomic mass is 9.81. The van der Waals surface area contributed by atoms with Crippen LogP contribution in [0.4, 0.5) is 11.4 Å². The van der Waals surface area contributed by atoms with Crippen LogP contribution in [0.3, 0.4) is 0 Å². The number of ketones is 2. The van der Waals surface area contributed by atoms with Crippen molar-refractivity contribution in [2.24, 2.45) is 0 Å². The van der Waals surface area contributed by atoms with Gasteiger partial charge in [-0.25, -0.2) is 4.79 Å². The predicted octanol–water partition coefficient (Wildman–Crippen LogP) is 2.51. The number of rotatable bonds is 16. The van der Waals surface area contributed by atoms with Crippen molar-refractivity contribution < 1.29 is 49.4 Å². The normalized spacial score (nSPS) is 11.3. The van der Waals surface area contributed by atoms with Crippen molar-refractivity contribution >= 4 is 59.8 Å². The van der Waals surface area contributed by atoms with Crippen LogP contribution >= 0.6 is 24.8 Å². The molecule has 0 radical (unpaired) electrons. The van der Waals surface area contributed by atoms with E-state index in [1.54, 1.807) is 37.4 Å². The third-order valence-corrected chi connectivity index (χ3v) is 6.91. The molecular weight excluding hydrogens is 683 g/mol. The van der Waals surface area contributed by atoms with E-state index in [9.17, 15) is 24.6 Å². The fourth-order valence-corrected chi connectivity index (χ4v) is 4.76. The number of aliphatic carboxylic acids is 1. The maximum absolute atomic E-state index is 13.4. The molecule has 4 rings (SSSR count). The first-order valence-electron chi connectivity index (χ1n) is 14.7. The van der Waals surface area contributed by atoms with E-state index >= 15 is 0 Å². The second kappa shape index (κ2) is 21.4. The number of nitrogens with one attached hydrogen (secondary N) is 4. The lowest BCUT2D eigenvalue weighted by Crippen LogP contribution is -2.28.